The van der Waals surface area contributed by atoms with Crippen LogP contribution in [-0.4, -0.2) is 36.6 Å². The molecule has 0 fully saturated rings. The van der Waals surface area contributed by atoms with Gasteiger partial charge in [0.1, 0.15) is 5.58 Å². The summed E-state index contributed by atoms with van der Waals surface area (Å²) in [5, 5.41) is 0.887. The van der Waals surface area contributed by atoms with Gasteiger partial charge in [-0.25, -0.2) is 0 Å². The number of furan rings is 1. The topological polar surface area (TPSA) is 70.7 Å². The molecule has 0 amide bonds. The van der Waals surface area contributed by atoms with Gasteiger partial charge in [-0.15, -0.1) is 0 Å². The number of hydrogen-bond acceptors (Lipinski definition) is 5. The predicted octanol–water partition coefficient (Wildman–Crippen LogP) is 4.16. The van der Waals surface area contributed by atoms with E-state index in [1.807, 2.05) is 45.0 Å². The molecular weight excluding hydrogens is 370 g/mol. The zero-order chi connectivity index (χ0) is 21.0. The van der Waals surface area contributed by atoms with Crippen LogP contribution in [0.1, 0.15) is 39.3 Å². The summed E-state index contributed by atoms with van der Waals surface area (Å²) in [7, 11) is 1.67. The Balaban J connectivity index is 1.60. The van der Waals surface area contributed by atoms with Gasteiger partial charge in [0, 0.05) is 48.2 Å². The maximum absolute atomic E-state index is 12.6. The van der Waals surface area contributed by atoms with E-state index in [1.54, 1.807) is 13.4 Å². The van der Waals surface area contributed by atoms with Crippen molar-refractivity contribution in [2.24, 2.45) is 0 Å². The Morgan fingerprint density at radius 1 is 1.14 bits per heavy atom. The van der Waals surface area contributed by atoms with E-state index in [2.05, 4.69) is 4.57 Å². The lowest BCUT2D eigenvalue weighted by atomic mass is 10.1. The molecule has 0 saturated heterocycles. The average molecular weight is 397 g/mol. The van der Waals surface area contributed by atoms with E-state index in [0.717, 1.165) is 46.4 Å². The molecule has 0 saturated carbocycles. The van der Waals surface area contributed by atoms with Crippen LogP contribution >= 0.6 is 0 Å². The number of carbonyl (C=O) groups excluding carboxylic acids is 2. The van der Waals surface area contributed by atoms with E-state index < -0.39 is 5.97 Å². The molecule has 6 heteroatoms. The van der Waals surface area contributed by atoms with Gasteiger partial charge in [0.2, 0.25) is 5.78 Å². The minimum absolute atomic E-state index is 0.0688. The van der Waals surface area contributed by atoms with Crippen molar-refractivity contribution in [3.05, 3.63) is 58.6 Å². The fraction of sp³-hybridized carbons (Fsp3) is 0.391. The minimum atomic E-state index is -0.449. The number of ketones is 1. The maximum Gasteiger partial charge on any atom is 0.310 e. The molecule has 6 nitrogen and oxygen atoms in total. The zero-order valence-corrected chi connectivity index (χ0v) is 17.4. The van der Waals surface area contributed by atoms with Crippen LogP contribution in [0, 0.1) is 20.8 Å². The quantitative estimate of drug-likeness (QED) is 0.308. The van der Waals surface area contributed by atoms with Crippen LogP contribution in [0.2, 0.25) is 0 Å². The fourth-order valence-electron chi connectivity index (χ4n) is 3.55. The smallest absolute Gasteiger partial charge is 0.310 e. The SMILES string of the molecule is COCCCn1c(C)cc(C(=O)COC(=O)Cc2coc3cc(C)ccc23)c1C. The van der Waals surface area contributed by atoms with Crippen molar-refractivity contribution in [1.29, 1.82) is 0 Å². The van der Waals surface area contributed by atoms with E-state index in [4.69, 9.17) is 13.9 Å². The van der Waals surface area contributed by atoms with Gasteiger partial charge < -0.3 is 18.5 Å². The highest BCUT2D eigenvalue weighted by Gasteiger charge is 2.18. The number of hydrogen-bond donors (Lipinski definition) is 0. The van der Waals surface area contributed by atoms with Crippen LogP contribution in [0.25, 0.3) is 11.0 Å². The summed E-state index contributed by atoms with van der Waals surface area (Å²) in [6.45, 7) is 7.04. The Kier molecular flexibility index (Phi) is 6.54. The first-order chi connectivity index (χ1) is 13.9. The number of fused-ring (bicyclic) bond motifs is 1. The summed E-state index contributed by atoms with van der Waals surface area (Å²) in [6, 6.07) is 7.68. The van der Waals surface area contributed by atoms with Gasteiger partial charge in [0.05, 0.1) is 12.7 Å². The Bertz CT molecular complexity index is 1030. The molecule has 0 aliphatic rings. The average Bonchev–Trinajstić information content (AvgIpc) is 3.21. The lowest BCUT2D eigenvalue weighted by molar-refractivity contribution is -0.141. The zero-order valence-electron chi connectivity index (χ0n) is 17.4. The van der Waals surface area contributed by atoms with E-state index >= 15 is 0 Å². The first kappa shape index (κ1) is 20.9. The molecule has 0 unspecified atom stereocenters. The van der Waals surface area contributed by atoms with E-state index in [1.165, 1.54) is 0 Å². The third-order valence-electron chi connectivity index (χ3n) is 5.11. The van der Waals surface area contributed by atoms with Gasteiger partial charge in [-0.2, -0.15) is 0 Å². The van der Waals surface area contributed by atoms with Gasteiger partial charge >= 0.3 is 5.97 Å². The fourth-order valence-corrected chi connectivity index (χ4v) is 3.55. The third-order valence-corrected chi connectivity index (χ3v) is 5.11. The summed E-state index contributed by atoms with van der Waals surface area (Å²) in [6.07, 6.45) is 2.51. The summed E-state index contributed by atoms with van der Waals surface area (Å²) in [5.41, 5.74) is 5.08. The highest BCUT2D eigenvalue weighted by Crippen LogP contribution is 2.23. The second kappa shape index (κ2) is 9.09. The van der Waals surface area contributed by atoms with Gasteiger partial charge in [-0.3, -0.25) is 9.59 Å². The molecule has 2 heterocycles. The van der Waals surface area contributed by atoms with Crippen LogP contribution in [-0.2, 0) is 27.2 Å². The number of nitrogens with zero attached hydrogens (tertiary/aromatic N) is 1. The molecule has 29 heavy (non-hydrogen) atoms. The number of methoxy groups -OCH3 is 1. The maximum atomic E-state index is 12.6. The summed E-state index contributed by atoms with van der Waals surface area (Å²) < 4.78 is 17.9. The van der Waals surface area contributed by atoms with Crippen LogP contribution in [0.5, 0.6) is 0 Å². The Labute approximate surface area is 170 Å². The van der Waals surface area contributed by atoms with Gasteiger partial charge in [-0.1, -0.05) is 12.1 Å². The summed E-state index contributed by atoms with van der Waals surface area (Å²) in [5.74, 6) is -0.646. The molecule has 0 aliphatic carbocycles. The number of aryl methyl sites for hydroxylation is 2. The number of rotatable bonds is 9. The highest BCUT2D eigenvalue weighted by atomic mass is 16.5. The molecular formula is C23H27NO5. The van der Waals surface area contributed by atoms with Crippen LogP contribution < -0.4 is 0 Å². The second-order valence-electron chi connectivity index (χ2n) is 7.30. The highest BCUT2D eigenvalue weighted by molar-refractivity contribution is 5.99. The molecule has 1 aromatic carbocycles. The number of benzene rings is 1. The molecule has 0 spiro atoms. The molecule has 3 aromatic rings. The lowest BCUT2D eigenvalue weighted by Gasteiger charge is -2.09. The minimum Gasteiger partial charge on any atom is -0.464 e. The molecule has 0 aliphatic heterocycles. The third kappa shape index (κ3) is 4.77. The van der Waals surface area contributed by atoms with Gasteiger partial charge in [0.25, 0.3) is 0 Å². The molecule has 0 bridgehead atoms. The predicted molar refractivity (Wildman–Crippen MR) is 110 cm³/mol. The molecule has 154 valence electrons. The number of aromatic nitrogens is 1. The summed E-state index contributed by atoms with van der Waals surface area (Å²) >= 11 is 0. The molecule has 0 N–H and O–H groups in total. The lowest BCUT2D eigenvalue weighted by Crippen LogP contribution is -2.16. The normalized spacial score (nSPS) is 11.2. The standard InChI is InChI=1S/C23H27NO5/c1-15-6-7-19-18(13-28-22(19)10-15)12-23(26)29-14-21(25)20-11-16(2)24(17(20)3)8-5-9-27-4/h6-7,10-11,13H,5,8-9,12,14H2,1-4H3. The first-order valence-corrected chi connectivity index (χ1v) is 9.72. The van der Waals surface area contributed by atoms with Crippen molar-refractivity contribution in [3.8, 4) is 0 Å². The van der Waals surface area contributed by atoms with E-state index in [-0.39, 0.29) is 18.8 Å². The van der Waals surface area contributed by atoms with Crippen molar-refractivity contribution in [2.75, 3.05) is 20.3 Å². The van der Waals surface area contributed by atoms with Gasteiger partial charge in [-0.05, 0) is 44.9 Å². The molecule has 0 atom stereocenters. The monoisotopic (exact) mass is 397 g/mol. The molecule has 3 rings (SSSR count). The number of esters is 1. The molecule has 2 aromatic heterocycles. The number of carbonyl (C=O) groups is 2. The van der Waals surface area contributed by atoms with Crippen molar-refractivity contribution in [2.45, 2.75) is 40.2 Å². The first-order valence-electron chi connectivity index (χ1n) is 9.72. The number of ether oxygens (including phenoxy) is 2. The Morgan fingerprint density at radius 3 is 2.69 bits per heavy atom. The van der Waals surface area contributed by atoms with E-state index in [9.17, 15) is 9.59 Å². The Hall–Kier alpha value is -2.86. The van der Waals surface area contributed by atoms with Gasteiger partial charge in [0.15, 0.2) is 6.61 Å². The second-order valence-corrected chi connectivity index (χ2v) is 7.30. The van der Waals surface area contributed by atoms with Crippen molar-refractivity contribution >= 4 is 22.7 Å². The van der Waals surface area contributed by atoms with Crippen LogP contribution in [0.3, 0.4) is 0 Å². The Morgan fingerprint density at radius 2 is 1.93 bits per heavy atom. The number of Topliss-reactive ketones (excluding diaryl/α,β-unsaturated/α-hetero) is 1. The van der Waals surface area contributed by atoms with Crippen molar-refractivity contribution in [3.63, 3.8) is 0 Å². The van der Waals surface area contributed by atoms with Crippen molar-refractivity contribution < 1.29 is 23.5 Å². The van der Waals surface area contributed by atoms with Crippen LogP contribution in [0.4, 0.5) is 0 Å². The largest absolute Gasteiger partial charge is 0.464 e. The summed E-state index contributed by atoms with van der Waals surface area (Å²) in [4.78, 5) is 24.8. The molecule has 0 radical (unpaired) electrons. The van der Waals surface area contributed by atoms with Crippen LogP contribution in [0.15, 0.2) is 34.9 Å². The van der Waals surface area contributed by atoms with E-state index in [0.29, 0.717) is 12.2 Å². The van der Waals surface area contributed by atoms with Crippen molar-refractivity contribution in [1.82, 2.24) is 4.57 Å².